The predicted octanol–water partition coefficient (Wildman–Crippen LogP) is 4.50. The summed E-state index contributed by atoms with van der Waals surface area (Å²) in [5.41, 5.74) is 5.20. The molecule has 3 aromatic rings. The number of benzene rings is 3. The maximum Gasteiger partial charge on any atom is 0.253 e. The molecule has 0 heterocycles. The van der Waals surface area contributed by atoms with Gasteiger partial charge in [-0.15, -0.1) is 0 Å². The third-order valence-electron chi connectivity index (χ3n) is 4.86. The summed E-state index contributed by atoms with van der Waals surface area (Å²) >= 11 is 0. The molecule has 31 heavy (non-hydrogen) atoms. The number of carbonyl (C=O) groups is 1. The smallest absolute Gasteiger partial charge is 0.253 e. The van der Waals surface area contributed by atoms with Crippen molar-refractivity contribution in [3.8, 4) is 0 Å². The van der Waals surface area contributed by atoms with Gasteiger partial charge in [0.1, 0.15) is 0 Å². The number of aryl methyl sites for hydroxylation is 1. The Balaban J connectivity index is 1.65. The van der Waals surface area contributed by atoms with Crippen LogP contribution < -0.4 is 10.6 Å². The van der Waals surface area contributed by atoms with Gasteiger partial charge < -0.3 is 15.5 Å². The van der Waals surface area contributed by atoms with Crippen molar-refractivity contribution in [2.45, 2.75) is 19.9 Å². The van der Waals surface area contributed by atoms with Gasteiger partial charge >= 0.3 is 0 Å². The molecule has 0 aromatic heterocycles. The van der Waals surface area contributed by atoms with Crippen molar-refractivity contribution < 1.29 is 4.79 Å². The molecule has 0 aliphatic heterocycles. The van der Waals surface area contributed by atoms with E-state index in [1.54, 1.807) is 19.0 Å². The molecule has 3 aromatic carbocycles. The van der Waals surface area contributed by atoms with Crippen LogP contribution in [0.4, 0.5) is 5.69 Å². The van der Waals surface area contributed by atoms with E-state index in [1.165, 1.54) is 5.56 Å². The van der Waals surface area contributed by atoms with E-state index < -0.39 is 0 Å². The van der Waals surface area contributed by atoms with Gasteiger partial charge in [0.25, 0.3) is 5.91 Å². The van der Waals surface area contributed by atoms with Crippen LogP contribution in [0, 0.1) is 6.92 Å². The molecule has 0 aliphatic rings. The zero-order valence-corrected chi connectivity index (χ0v) is 18.4. The van der Waals surface area contributed by atoms with Crippen LogP contribution in [-0.4, -0.2) is 37.4 Å². The number of aliphatic imine (C=N–C) groups is 1. The first kappa shape index (κ1) is 22.1. The van der Waals surface area contributed by atoms with E-state index in [0.717, 1.165) is 29.2 Å². The molecule has 160 valence electrons. The number of para-hydroxylation sites is 1. The highest BCUT2D eigenvalue weighted by atomic mass is 16.2. The number of carbonyl (C=O) groups excluding carboxylic acids is 1. The van der Waals surface area contributed by atoms with Gasteiger partial charge in [0.15, 0.2) is 5.96 Å². The maximum absolute atomic E-state index is 12.2. The molecule has 5 nitrogen and oxygen atoms in total. The number of nitrogens with one attached hydrogen (secondary N) is 2. The van der Waals surface area contributed by atoms with Crippen molar-refractivity contribution in [2.75, 3.05) is 26.0 Å². The average molecular weight is 415 g/mol. The number of anilines is 1. The molecule has 0 aliphatic carbocycles. The Bertz CT molecular complexity index is 1010. The predicted molar refractivity (Wildman–Crippen MR) is 129 cm³/mol. The van der Waals surface area contributed by atoms with Crippen LogP contribution in [0.25, 0.3) is 0 Å². The highest BCUT2D eigenvalue weighted by Crippen LogP contribution is 2.09. The van der Waals surface area contributed by atoms with Crippen LogP contribution in [0.2, 0.25) is 0 Å². The van der Waals surface area contributed by atoms with Crippen LogP contribution in [0.5, 0.6) is 0 Å². The summed E-state index contributed by atoms with van der Waals surface area (Å²) in [4.78, 5) is 18.6. The van der Waals surface area contributed by atoms with Crippen molar-refractivity contribution >= 4 is 17.6 Å². The van der Waals surface area contributed by atoms with Crippen LogP contribution in [0.15, 0.2) is 83.9 Å². The second kappa shape index (κ2) is 11.0. The number of amides is 1. The third kappa shape index (κ3) is 7.00. The van der Waals surface area contributed by atoms with E-state index in [4.69, 9.17) is 4.99 Å². The van der Waals surface area contributed by atoms with Gasteiger partial charge in [0.05, 0.1) is 6.54 Å². The van der Waals surface area contributed by atoms with Gasteiger partial charge in [-0.1, -0.05) is 60.2 Å². The molecule has 0 fully saturated rings. The second-order valence-electron chi connectivity index (χ2n) is 7.72. The van der Waals surface area contributed by atoms with Crippen molar-refractivity contribution in [3.63, 3.8) is 0 Å². The summed E-state index contributed by atoms with van der Waals surface area (Å²) in [5.74, 6) is 0.744. The fourth-order valence-corrected chi connectivity index (χ4v) is 3.10. The first-order chi connectivity index (χ1) is 15.0. The summed E-state index contributed by atoms with van der Waals surface area (Å²) in [6.45, 7) is 3.37. The molecule has 5 heteroatoms. The standard InChI is InChI=1S/C26H30N4O/c1-20-12-14-22(15-13-20)19-28-26(29-24-10-5-4-6-11-24)27-17-16-21-8-7-9-23(18-21)25(31)30(2)3/h4-15,18H,16-17,19H2,1-3H3,(H2,27,28,29). The minimum Gasteiger partial charge on any atom is -0.356 e. The summed E-state index contributed by atoms with van der Waals surface area (Å²) in [7, 11) is 3.53. The molecule has 1 amide bonds. The minimum absolute atomic E-state index is 0.0147. The van der Waals surface area contributed by atoms with Crippen molar-refractivity contribution in [2.24, 2.45) is 4.99 Å². The first-order valence-corrected chi connectivity index (χ1v) is 10.5. The second-order valence-corrected chi connectivity index (χ2v) is 7.72. The van der Waals surface area contributed by atoms with Crippen LogP contribution in [-0.2, 0) is 13.0 Å². The number of nitrogens with zero attached hydrogens (tertiary/aromatic N) is 2. The molecule has 0 atom stereocenters. The monoisotopic (exact) mass is 414 g/mol. The molecule has 0 saturated heterocycles. The Hall–Kier alpha value is -3.60. The number of hydrogen-bond donors (Lipinski definition) is 2. The van der Waals surface area contributed by atoms with Crippen LogP contribution in [0.1, 0.15) is 27.0 Å². The van der Waals surface area contributed by atoms with Crippen molar-refractivity contribution in [1.82, 2.24) is 10.2 Å². The van der Waals surface area contributed by atoms with Gasteiger partial charge in [-0.3, -0.25) is 4.79 Å². The number of hydrogen-bond acceptors (Lipinski definition) is 2. The highest BCUT2D eigenvalue weighted by molar-refractivity contribution is 5.94. The van der Waals surface area contributed by atoms with Crippen molar-refractivity contribution in [1.29, 1.82) is 0 Å². The third-order valence-corrected chi connectivity index (χ3v) is 4.86. The molecule has 0 radical (unpaired) electrons. The van der Waals surface area contributed by atoms with Gasteiger partial charge in [0, 0.05) is 31.9 Å². The van der Waals surface area contributed by atoms with E-state index in [1.807, 2.05) is 54.6 Å². The number of rotatable bonds is 7. The Labute approximate surface area is 184 Å². The molecule has 0 unspecified atom stereocenters. The molecular formula is C26H30N4O. The fourth-order valence-electron chi connectivity index (χ4n) is 3.10. The quantitative estimate of drug-likeness (QED) is 0.442. The molecule has 2 N–H and O–H groups in total. The lowest BCUT2D eigenvalue weighted by molar-refractivity contribution is 0.0827. The van der Waals surface area contributed by atoms with Gasteiger partial charge in [0.2, 0.25) is 0 Å². The Morgan fingerprint density at radius 3 is 2.35 bits per heavy atom. The van der Waals surface area contributed by atoms with E-state index in [9.17, 15) is 4.79 Å². The normalized spacial score (nSPS) is 11.1. The maximum atomic E-state index is 12.2. The Morgan fingerprint density at radius 2 is 1.65 bits per heavy atom. The van der Waals surface area contributed by atoms with E-state index in [-0.39, 0.29) is 5.91 Å². The molecule has 0 saturated carbocycles. The largest absolute Gasteiger partial charge is 0.356 e. The first-order valence-electron chi connectivity index (χ1n) is 10.5. The van der Waals surface area contributed by atoms with Crippen molar-refractivity contribution in [3.05, 3.63) is 101 Å². The fraction of sp³-hybridized carbons (Fsp3) is 0.231. The summed E-state index contributed by atoms with van der Waals surface area (Å²) < 4.78 is 0. The van der Waals surface area contributed by atoms with E-state index in [2.05, 4.69) is 41.8 Å². The minimum atomic E-state index is 0.0147. The topological polar surface area (TPSA) is 56.7 Å². The molecule has 0 spiro atoms. The van der Waals surface area contributed by atoms with Crippen LogP contribution in [0.3, 0.4) is 0 Å². The van der Waals surface area contributed by atoms with E-state index in [0.29, 0.717) is 18.7 Å². The lowest BCUT2D eigenvalue weighted by Gasteiger charge is -2.14. The molecular weight excluding hydrogens is 384 g/mol. The zero-order chi connectivity index (χ0) is 22.1. The van der Waals surface area contributed by atoms with Gasteiger partial charge in [-0.25, -0.2) is 4.99 Å². The summed E-state index contributed by atoms with van der Waals surface area (Å²) in [6, 6.07) is 26.2. The number of guanidine groups is 1. The molecule has 3 rings (SSSR count). The lowest BCUT2D eigenvalue weighted by Crippen LogP contribution is -2.32. The summed E-state index contributed by atoms with van der Waals surface area (Å²) in [5, 5.41) is 6.78. The molecule has 0 bridgehead atoms. The zero-order valence-electron chi connectivity index (χ0n) is 18.4. The Kier molecular flexibility index (Phi) is 7.82. The summed E-state index contributed by atoms with van der Waals surface area (Å²) in [6.07, 6.45) is 0.786. The SMILES string of the molecule is Cc1ccc(CN=C(NCCc2cccc(C(=O)N(C)C)c2)Nc2ccccc2)cc1. The average Bonchev–Trinajstić information content (AvgIpc) is 2.78. The van der Waals surface area contributed by atoms with Gasteiger partial charge in [-0.2, -0.15) is 0 Å². The van der Waals surface area contributed by atoms with Crippen LogP contribution >= 0.6 is 0 Å². The lowest BCUT2D eigenvalue weighted by atomic mass is 10.1. The van der Waals surface area contributed by atoms with Gasteiger partial charge in [-0.05, 0) is 48.7 Å². The highest BCUT2D eigenvalue weighted by Gasteiger charge is 2.08. The Morgan fingerprint density at radius 1 is 0.903 bits per heavy atom. The van der Waals surface area contributed by atoms with E-state index >= 15 is 0 Å².